The van der Waals surface area contributed by atoms with Crippen molar-refractivity contribution in [1.29, 1.82) is 0 Å². The Hall–Kier alpha value is -0.860. The predicted molar refractivity (Wildman–Crippen MR) is 77.9 cm³/mol. The van der Waals surface area contributed by atoms with Crippen molar-refractivity contribution in [2.24, 2.45) is 5.73 Å². The second-order valence-electron chi connectivity index (χ2n) is 6.28. The van der Waals surface area contributed by atoms with Gasteiger partial charge in [0.15, 0.2) is 0 Å². The number of nitrogens with two attached hydrogens (primary N) is 1. The van der Waals surface area contributed by atoms with Gasteiger partial charge in [0.1, 0.15) is 0 Å². The number of hydrogen-bond donors (Lipinski definition) is 1. The minimum atomic E-state index is -0.0354. The van der Waals surface area contributed by atoms with Gasteiger partial charge in [-0.1, -0.05) is 38.1 Å². The Morgan fingerprint density at radius 2 is 1.94 bits per heavy atom. The highest BCUT2D eigenvalue weighted by atomic mass is 15.1. The summed E-state index contributed by atoms with van der Waals surface area (Å²) in [6, 6.07) is 8.99. The molecule has 2 nitrogen and oxygen atoms in total. The molecular weight excluding hydrogens is 220 g/mol. The van der Waals surface area contributed by atoms with Crippen molar-refractivity contribution in [3.63, 3.8) is 0 Å². The van der Waals surface area contributed by atoms with Gasteiger partial charge in [-0.25, -0.2) is 0 Å². The Kier molecular flexibility index (Phi) is 4.08. The lowest BCUT2D eigenvalue weighted by atomic mass is 9.84. The Labute approximate surface area is 111 Å². The maximum absolute atomic E-state index is 6.54. The van der Waals surface area contributed by atoms with Gasteiger partial charge in [-0.3, -0.25) is 0 Å². The van der Waals surface area contributed by atoms with E-state index in [1.807, 2.05) is 0 Å². The normalized spacial score (nSPS) is 25.6. The highest BCUT2D eigenvalue weighted by Gasteiger charge is 2.30. The van der Waals surface area contributed by atoms with E-state index in [1.54, 1.807) is 0 Å². The van der Waals surface area contributed by atoms with Gasteiger partial charge in [0.05, 0.1) is 0 Å². The van der Waals surface area contributed by atoms with Crippen LogP contribution in [-0.2, 0) is 6.42 Å². The molecule has 100 valence electrons. The minimum absolute atomic E-state index is 0.0354. The maximum Gasteiger partial charge on any atom is 0.0324 e. The van der Waals surface area contributed by atoms with Gasteiger partial charge in [0.2, 0.25) is 0 Å². The van der Waals surface area contributed by atoms with Crippen LogP contribution in [0.25, 0.3) is 0 Å². The predicted octanol–water partition coefficient (Wildman–Crippen LogP) is 2.78. The largest absolute Gasteiger partial charge is 0.324 e. The highest BCUT2D eigenvalue weighted by molar-refractivity contribution is 5.26. The van der Waals surface area contributed by atoms with Crippen molar-refractivity contribution in [2.45, 2.75) is 44.6 Å². The van der Waals surface area contributed by atoms with Crippen molar-refractivity contribution in [3.8, 4) is 0 Å². The third-order valence-electron chi connectivity index (χ3n) is 4.00. The number of likely N-dealkylation sites (tertiary alicyclic amines) is 1. The first-order valence-corrected chi connectivity index (χ1v) is 7.05. The van der Waals surface area contributed by atoms with Crippen molar-refractivity contribution in [2.75, 3.05) is 20.1 Å². The van der Waals surface area contributed by atoms with Crippen LogP contribution in [0.2, 0.25) is 0 Å². The van der Waals surface area contributed by atoms with Crippen LogP contribution >= 0.6 is 0 Å². The molecule has 1 saturated heterocycles. The first kappa shape index (κ1) is 13.6. The van der Waals surface area contributed by atoms with E-state index in [1.165, 1.54) is 24.1 Å². The molecule has 0 radical (unpaired) electrons. The van der Waals surface area contributed by atoms with Crippen molar-refractivity contribution >= 4 is 0 Å². The van der Waals surface area contributed by atoms with Crippen LogP contribution in [-0.4, -0.2) is 30.6 Å². The molecule has 0 aliphatic carbocycles. The van der Waals surface area contributed by atoms with Gasteiger partial charge in [-0.15, -0.1) is 0 Å². The zero-order valence-electron chi connectivity index (χ0n) is 11.9. The lowest BCUT2D eigenvalue weighted by Crippen LogP contribution is -2.54. The zero-order chi connectivity index (χ0) is 13.2. The lowest BCUT2D eigenvalue weighted by molar-refractivity contribution is 0.178. The molecule has 1 atom stereocenters. The van der Waals surface area contributed by atoms with E-state index < -0.39 is 0 Å². The van der Waals surface area contributed by atoms with Crippen molar-refractivity contribution < 1.29 is 0 Å². The van der Waals surface area contributed by atoms with Gasteiger partial charge in [0, 0.05) is 12.1 Å². The van der Waals surface area contributed by atoms with E-state index in [-0.39, 0.29) is 5.54 Å². The van der Waals surface area contributed by atoms with Crippen molar-refractivity contribution in [1.82, 2.24) is 4.90 Å². The van der Waals surface area contributed by atoms with E-state index >= 15 is 0 Å². The van der Waals surface area contributed by atoms with Gasteiger partial charge in [-0.05, 0) is 49.9 Å². The Balaban J connectivity index is 2.04. The Bertz CT molecular complexity index is 383. The molecule has 2 heteroatoms. The van der Waals surface area contributed by atoms with Crippen LogP contribution in [0, 0.1) is 0 Å². The maximum atomic E-state index is 6.54. The van der Waals surface area contributed by atoms with Crippen LogP contribution in [0.5, 0.6) is 0 Å². The fourth-order valence-corrected chi connectivity index (χ4v) is 2.97. The number of hydrogen-bond acceptors (Lipinski definition) is 2. The van der Waals surface area contributed by atoms with Gasteiger partial charge < -0.3 is 10.6 Å². The second-order valence-corrected chi connectivity index (χ2v) is 6.28. The zero-order valence-corrected chi connectivity index (χ0v) is 11.9. The van der Waals surface area contributed by atoms with Gasteiger partial charge in [0.25, 0.3) is 0 Å². The van der Waals surface area contributed by atoms with Gasteiger partial charge in [-0.2, -0.15) is 0 Å². The summed E-state index contributed by atoms with van der Waals surface area (Å²) in [5.41, 5.74) is 9.28. The number of piperidine rings is 1. The number of nitrogens with zero attached hydrogens (tertiary/aromatic N) is 1. The molecular formula is C16H26N2. The molecule has 0 saturated carbocycles. The summed E-state index contributed by atoms with van der Waals surface area (Å²) < 4.78 is 0. The highest BCUT2D eigenvalue weighted by Crippen LogP contribution is 2.23. The first-order valence-electron chi connectivity index (χ1n) is 7.05. The molecule has 1 unspecified atom stereocenters. The third-order valence-corrected chi connectivity index (χ3v) is 4.00. The average Bonchev–Trinajstić information content (AvgIpc) is 2.28. The Morgan fingerprint density at radius 1 is 1.28 bits per heavy atom. The van der Waals surface area contributed by atoms with E-state index in [4.69, 9.17) is 5.73 Å². The van der Waals surface area contributed by atoms with E-state index in [0.717, 1.165) is 19.4 Å². The lowest BCUT2D eigenvalue weighted by Gasteiger charge is -2.38. The summed E-state index contributed by atoms with van der Waals surface area (Å²) in [6.07, 6.45) is 3.36. The molecule has 1 aromatic rings. The summed E-state index contributed by atoms with van der Waals surface area (Å²) in [5.74, 6) is 0.603. The monoisotopic (exact) mass is 246 g/mol. The summed E-state index contributed by atoms with van der Waals surface area (Å²) in [4.78, 5) is 2.35. The van der Waals surface area contributed by atoms with Crippen LogP contribution in [0.1, 0.15) is 43.7 Å². The van der Waals surface area contributed by atoms with Crippen LogP contribution < -0.4 is 5.73 Å². The fourth-order valence-electron chi connectivity index (χ4n) is 2.97. The molecule has 1 aromatic carbocycles. The van der Waals surface area contributed by atoms with Crippen LogP contribution in [0.15, 0.2) is 24.3 Å². The summed E-state index contributed by atoms with van der Waals surface area (Å²) in [7, 11) is 2.17. The molecule has 0 spiro atoms. The average molecular weight is 246 g/mol. The van der Waals surface area contributed by atoms with E-state index in [0.29, 0.717) is 5.92 Å². The summed E-state index contributed by atoms with van der Waals surface area (Å²) in [6.45, 7) is 6.66. The molecule has 1 heterocycles. The second kappa shape index (κ2) is 5.41. The van der Waals surface area contributed by atoms with Crippen LogP contribution in [0.3, 0.4) is 0 Å². The quantitative estimate of drug-likeness (QED) is 0.888. The summed E-state index contributed by atoms with van der Waals surface area (Å²) in [5, 5.41) is 0. The molecule has 1 aliphatic heterocycles. The SMILES string of the molecule is CC(C)c1ccc(CC2(N)CCCN(C)C2)cc1. The molecule has 1 aliphatic rings. The summed E-state index contributed by atoms with van der Waals surface area (Å²) >= 11 is 0. The molecule has 0 aromatic heterocycles. The molecule has 2 rings (SSSR count). The number of rotatable bonds is 3. The first-order chi connectivity index (χ1) is 8.48. The van der Waals surface area contributed by atoms with Crippen LogP contribution in [0.4, 0.5) is 0 Å². The molecule has 0 amide bonds. The minimum Gasteiger partial charge on any atom is -0.324 e. The standard InChI is InChI=1S/C16H26N2/c1-13(2)15-7-5-14(6-8-15)11-16(17)9-4-10-18(3)12-16/h5-8,13H,4,9-12,17H2,1-3H3. The molecule has 1 fully saturated rings. The van der Waals surface area contributed by atoms with E-state index in [9.17, 15) is 0 Å². The molecule has 18 heavy (non-hydrogen) atoms. The van der Waals surface area contributed by atoms with Crippen molar-refractivity contribution in [3.05, 3.63) is 35.4 Å². The topological polar surface area (TPSA) is 29.3 Å². The molecule has 0 bridgehead atoms. The molecule has 2 N–H and O–H groups in total. The smallest absolute Gasteiger partial charge is 0.0324 e. The third kappa shape index (κ3) is 3.33. The fraction of sp³-hybridized carbons (Fsp3) is 0.625. The number of likely N-dealkylation sites (N-methyl/N-ethyl adjacent to an activating group) is 1. The number of benzene rings is 1. The van der Waals surface area contributed by atoms with Gasteiger partial charge >= 0.3 is 0 Å². The Morgan fingerprint density at radius 3 is 2.50 bits per heavy atom. The van der Waals surface area contributed by atoms with E-state index in [2.05, 4.69) is 50.1 Å².